The van der Waals surface area contributed by atoms with Crippen molar-refractivity contribution >= 4 is 22.9 Å². The third kappa shape index (κ3) is 4.17. The maximum Gasteiger partial charge on any atom is 0.228 e. The largest absolute Gasteiger partial charge is 0.497 e. The van der Waals surface area contributed by atoms with E-state index >= 15 is 0 Å². The molecule has 0 aliphatic carbocycles. The van der Waals surface area contributed by atoms with Crippen LogP contribution in [-0.4, -0.2) is 49.1 Å². The average molecular weight is 394 g/mol. The molecule has 3 aromatic rings. The predicted molar refractivity (Wildman–Crippen MR) is 113 cm³/mol. The fraction of sp³-hybridized carbons (Fsp3) is 0.273. The Bertz CT molecular complexity index is 916. The number of benzene rings is 2. The Labute approximate surface area is 169 Å². The van der Waals surface area contributed by atoms with E-state index in [9.17, 15) is 4.79 Å². The summed E-state index contributed by atoms with van der Waals surface area (Å²) in [5, 5.41) is 2.91. The van der Waals surface area contributed by atoms with Crippen LogP contribution in [-0.2, 0) is 11.2 Å². The molecule has 0 unspecified atom stereocenters. The lowest BCUT2D eigenvalue weighted by molar-refractivity contribution is -0.130. The van der Waals surface area contributed by atoms with Gasteiger partial charge < -0.3 is 14.5 Å². The average Bonchev–Trinajstić information content (AvgIpc) is 3.23. The second kappa shape index (κ2) is 8.44. The monoisotopic (exact) mass is 393 g/mol. The number of aromatic nitrogens is 1. The number of rotatable bonds is 5. The standard InChI is InChI=1S/C22H23N3O2S/c1-27-20-9-7-17(8-10-20)22-23-18(16-28-22)15-21(26)25-13-11-24(12-14-25)19-5-3-2-4-6-19/h2-10,16H,11-15H2,1H3. The molecule has 0 saturated carbocycles. The molecule has 0 atom stereocenters. The Morgan fingerprint density at radius 3 is 2.43 bits per heavy atom. The topological polar surface area (TPSA) is 45.7 Å². The molecule has 0 bridgehead atoms. The van der Waals surface area contributed by atoms with Crippen LogP contribution < -0.4 is 9.64 Å². The van der Waals surface area contributed by atoms with Crippen molar-refractivity contribution in [3.05, 3.63) is 65.7 Å². The molecule has 1 amide bonds. The van der Waals surface area contributed by atoms with Crippen LogP contribution in [0.3, 0.4) is 0 Å². The minimum atomic E-state index is 0.152. The summed E-state index contributed by atoms with van der Waals surface area (Å²) in [5.41, 5.74) is 3.10. The number of anilines is 1. The maximum absolute atomic E-state index is 12.7. The van der Waals surface area contributed by atoms with Crippen molar-refractivity contribution in [2.75, 3.05) is 38.2 Å². The van der Waals surface area contributed by atoms with E-state index in [4.69, 9.17) is 4.74 Å². The zero-order valence-electron chi connectivity index (χ0n) is 15.9. The number of piperazine rings is 1. The molecular weight excluding hydrogens is 370 g/mol. The Kier molecular flexibility index (Phi) is 5.58. The summed E-state index contributed by atoms with van der Waals surface area (Å²) >= 11 is 1.57. The number of para-hydroxylation sites is 1. The molecule has 4 rings (SSSR count). The zero-order chi connectivity index (χ0) is 19.3. The number of thiazole rings is 1. The Morgan fingerprint density at radius 2 is 1.75 bits per heavy atom. The van der Waals surface area contributed by atoms with Crippen molar-refractivity contribution < 1.29 is 9.53 Å². The smallest absolute Gasteiger partial charge is 0.228 e. The maximum atomic E-state index is 12.7. The fourth-order valence-corrected chi connectivity index (χ4v) is 4.20. The van der Waals surface area contributed by atoms with E-state index in [1.807, 2.05) is 40.6 Å². The summed E-state index contributed by atoms with van der Waals surface area (Å²) in [4.78, 5) is 21.6. The Hall–Kier alpha value is -2.86. The third-order valence-corrected chi connectivity index (χ3v) is 5.91. The normalized spacial score (nSPS) is 14.2. The summed E-state index contributed by atoms with van der Waals surface area (Å²) in [5.74, 6) is 0.977. The lowest BCUT2D eigenvalue weighted by Crippen LogP contribution is -2.49. The van der Waals surface area contributed by atoms with Gasteiger partial charge in [-0.2, -0.15) is 0 Å². The molecule has 0 spiro atoms. The highest BCUT2D eigenvalue weighted by molar-refractivity contribution is 7.13. The van der Waals surface area contributed by atoms with E-state index in [0.29, 0.717) is 6.42 Å². The van der Waals surface area contributed by atoms with Gasteiger partial charge in [-0.05, 0) is 36.4 Å². The third-order valence-electron chi connectivity index (χ3n) is 4.97. The molecule has 1 aliphatic rings. The summed E-state index contributed by atoms with van der Waals surface area (Å²) in [6.07, 6.45) is 0.359. The quantitative estimate of drug-likeness (QED) is 0.663. The number of hydrogen-bond acceptors (Lipinski definition) is 5. The Balaban J connectivity index is 1.34. The van der Waals surface area contributed by atoms with Crippen molar-refractivity contribution in [1.82, 2.24) is 9.88 Å². The second-order valence-corrected chi connectivity index (χ2v) is 7.61. The van der Waals surface area contributed by atoms with Crippen molar-refractivity contribution in [3.8, 4) is 16.3 Å². The molecule has 1 aromatic heterocycles. The van der Waals surface area contributed by atoms with Gasteiger partial charge in [-0.25, -0.2) is 4.98 Å². The van der Waals surface area contributed by atoms with Crippen molar-refractivity contribution in [1.29, 1.82) is 0 Å². The van der Waals surface area contributed by atoms with Gasteiger partial charge in [0.05, 0.1) is 19.2 Å². The molecular formula is C22H23N3O2S. The molecule has 1 fully saturated rings. The predicted octanol–water partition coefficient (Wildman–Crippen LogP) is 3.71. The summed E-state index contributed by atoms with van der Waals surface area (Å²) < 4.78 is 5.20. The van der Waals surface area contributed by atoms with Crippen molar-refractivity contribution in [3.63, 3.8) is 0 Å². The first-order valence-corrected chi connectivity index (χ1v) is 10.3. The van der Waals surface area contributed by atoms with Gasteiger partial charge in [0.1, 0.15) is 10.8 Å². The number of amides is 1. The van der Waals surface area contributed by atoms with Crippen LogP contribution in [0.2, 0.25) is 0 Å². The first-order valence-electron chi connectivity index (χ1n) is 9.39. The van der Waals surface area contributed by atoms with Gasteiger partial charge in [0.25, 0.3) is 0 Å². The molecule has 5 nitrogen and oxygen atoms in total. The molecule has 144 valence electrons. The molecule has 0 radical (unpaired) electrons. The first kappa shape index (κ1) is 18.5. The van der Waals surface area contributed by atoms with Crippen molar-refractivity contribution in [2.45, 2.75) is 6.42 Å². The SMILES string of the molecule is COc1ccc(-c2nc(CC(=O)N3CCN(c4ccccc4)CC3)cs2)cc1. The van der Waals surface area contributed by atoms with E-state index in [1.54, 1.807) is 18.4 Å². The van der Waals surface area contributed by atoms with Gasteiger partial charge in [-0.3, -0.25) is 4.79 Å². The van der Waals surface area contributed by atoms with Gasteiger partial charge in [0, 0.05) is 42.8 Å². The van der Waals surface area contributed by atoms with Gasteiger partial charge in [-0.1, -0.05) is 18.2 Å². The van der Waals surface area contributed by atoms with Crippen LogP contribution in [0.15, 0.2) is 60.0 Å². The summed E-state index contributed by atoms with van der Waals surface area (Å²) in [6, 6.07) is 18.2. The van der Waals surface area contributed by atoms with E-state index in [1.165, 1.54) is 5.69 Å². The van der Waals surface area contributed by atoms with E-state index < -0.39 is 0 Å². The summed E-state index contributed by atoms with van der Waals surface area (Å²) in [6.45, 7) is 3.24. The zero-order valence-corrected chi connectivity index (χ0v) is 16.7. The highest BCUT2D eigenvalue weighted by Crippen LogP contribution is 2.26. The van der Waals surface area contributed by atoms with Crippen molar-refractivity contribution in [2.24, 2.45) is 0 Å². The lowest BCUT2D eigenvalue weighted by atomic mass is 10.2. The van der Waals surface area contributed by atoms with Crippen LogP contribution in [0.1, 0.15) is 5.69 Å². The highest BCUT2D eigenvalue weighted by Gasteiger charge is 2.22. The van der Waals surface area contributed by atoms with Gasteiger partial charge >= 0.3 is 0 Å². The molecule has 1 aliphatic heterocycles. The Morgan fingerprint density at radius 1 is 1.04 bits per heavy atom. The highest BCUT2D eigenvalue weighted by atomic mass is 32.1. The van der Waals surface area contributed by atoms with Crippen LogP contribution in [0.25, 0.3) is 10.6 Å². The second-order valence-electron chi connectivity index (χ2n) is 6.75. The molecule has 0 N–H and O–H groups in total. The molecule has 2 aromatic carbocycles. The number of carbonyl (C=O) groups is 1. The molecule has 28 heavy (non-hydrogen) atoms. The number of methoxy groups -OCH3 is 1. The van der Waals surface area contributed by atoms with Crippen LogP contribution in [0, 0.1) is 0 Å². The minimum Gasteiger partial charge on any atom is -0.497 e. The van der Waals surface area contributed by atoms with Crippen LogP contribution >= 0.6 is 11.3 Å². The number of ether oxygens (including phenoxy) is 1. The van der Waals surface area contributed by atoms with Crippen LogP contribution in [0.5, 0.6) is 5.75 Å². The number of nitrogens with zero attached hydrogens (tertiary/aromatic N) is 3. The molecule has 6 heteroatoms. The molecule has 1 saturated heterocycles. The fourth-order valence-electron chi connectivity index (χ4n) is 3.37. The lowest BCUT2D eigenvalue weighted by Gasteiger charge is -2.36. The first-order chi connectivity index (χ1) is 13.7. The molecule has 2 heterocycles. The summed E-state index contributed by atoms with van der Waals surface area (Å²) in [7, 11) is 1.65. The number of hydrogen-bond donors (Lipinski definition) is 0. The van der Waals surface area contributed by atoms with E-state index in [2.05, 4.69) is 34.1 Å². The van der Waals surface area contributed by atoms with E-state index in [0.717, 1.165) is 48.2 Å². The van der Waals surface area contributed by atoms with Crippen LogP contribution in [0.4, 0.5) is 5.69 Å². The van der Waals surface area contributed by atoms with Gasteiger partial charge in [0.15, 0.2) is 0 Å². The van der Waals surface area contributed by atoms with E-state index in [-0.39, 0.29) is 5.91 Å². The minimum absolute atomic E-state index is 0.152. The number of carbonyl (C=O) groups excluding carboxylic acids is 1. The van der Waals surface area contributed by atoms with Gasteiger partial charge in [0.2, 0.25) is 5.91 Å². The van der Waals surface area contributed by atoms with Gasteiger partial charge in [-0.15, -0.1) is 11.3 Å².